The topological polar surface area (TPSA) is 174 Å². The second-order valence-electron chi connectivity index (χ2n) is 16.8. The van der Waals surface area contributed by atoms with E-state index in [1.807, 2.05) is 34.6 Å². The van der Waals surface area contributed by atoms with Crippen molar-refractivity contribution in [3.8, 4) is 12.3 Å². The van der Waals surface area contributed by atoms with Crippen LogP contribution < -0.4 is 21.3 Å². The first kappa shape index (κ1) is 40.5. The summed E-state index contributed by atoms with van der Waals surface area (Å²) in [5.74, 6) is -0.527. The van der Waals surface area contributed by atoms with Gasteiger partial charge in [0.2, 0.25) is 27.6 Å². The summed E-state index contributed by atoms with van der Waals surface area (Å²) in [7, 11) is -3.76. The quantitative estimate of drug-likeness (QED) is 0.137. The minimum atomic E-state index is -3.76. The minimum Gasteiger partial charge on any atom is -0.346 e. The molecule has 0 radical (unpaired) electrons. The molecule has 1 aromatic carbocycles. The van der Waals surface area contributed by atoms with Gasteiger partial charge < -0.3 is 26.2 Å². The standard InChI is InChI=1S/C38H54N6O7S/c1-11-13-17-25(30(45)33(47)39-19-12-2)40-32(46)29-28-24(38(28,9)10)21-44(29)34(48)31(37(6,7)8)42-35(49)41-27(36(3,4)5)22-43-20-23-16-14-15-18-26(23)52(43,50)51/h1,12,14-16,18,24-25,27-29,31H,2,13,17,19-22H2,3-10H3,(H,39,47)(H,40,46)(H2,41,42,49)/t24-,25?,27+,28-,29?,31+/m0/s1. The summed E-state index contributed by atoms with van der Waals surface area (Å²) in [6, 6.07) is 2.29. The third-order valence-corrected chi connectivity index (χ3v) is 12.6. The molecule has 4 N–H and O–H groups in total. The number of Topliss-reactive ketones (excluding diaryl/α,β-unsaturated/α-hetero) is 1. The van der Waals surface area contributed by atoms with Crippen LogP contribution in [0.1, 0.15) is 73.8 Å². The highest BCUT2D eigenvalue weighted by Crippen LogP contribution is 2.65. The number of sulfonamides is 1. The number of terminal acetylenes is 1. The predicted molar refractivity (Wildman–Crippen MR) is 197 cm³/mol. The zero-order chi connectivity index (χ0) is 39.0. The Labute approximate surface area is 308 Å². The number of carbonyl (C=O) groups is 5. The van der Waals surface area contributed by atoms with Crippen LogP contribution in [0.15, 0.2) is 41.8 Å². The lowest BCUT2D eigenvalue weighted by molar-refractivity contribution is -0.145. The second-order valence-corrected chi connectivity index (χ2v) is 18.7. The first-order chi connectivity index (χ1) is 24.1. The lowest BCUT2D eigenvalue weighted by Gasteiger charge is -2.39. The Kier molecular flexibility index (Phi) is 11.7. The van der Waals surface area contributed by atoms with Crippen LogP contribution in [0.2, 0.25) is 0 Å². The van der Waals surface area contributed by atoms with Crippen molar-refractivity contribution in [2.24, 2.45) is 28.1 Å². The van der Waals surface area contributed by atoms with E-state index >= 15 is 0 Å². The number of benzene rings is 1. The van der Waals surface area contributed by atoms with Crippen LogP contribution in [0.5, 0.6) is 0 Å². The highest BCUT2D eigenvalue weighted by atomic mass is 32.2. The maximum atomic E-state index is 14.5. The Morgan fingerprint density at radius 1 is 1.04 bits per heavy atom. The van der Waals surface area contributed by atoms with E-state index in [4.69, 9.17) is 6.42 Å². The van der Waals surface area contributed by atoms with E-state index < -0.39 is 74.6 Å². The largest absolute Gasteiger partial charge is 0.346 e. The van der Waals surface area contributed by atoms with E-state index in [0.29, 0.717) is 5.56 Å². The number of fused-ring (bicyclic) bond motifs is 2. The molecule has 2 unspecified atom stereocenters. The third-order valence-electron chi connectivity index (χ3n) is 10.7. The van der Waals surface area contributed by atoms with Gasteiger partial charge in [0, 0.05) is 38.6 Å². The molecular formula is C38H54N6O7S. The maximum Gasteiger partial charge on any atom is 0.315 e. The zero-order valence-corrected chi connectivity index (χ0v) is 32.4. The fraction of sp³-hybridized carbons (Fsp3) is 0.605. The molecule has 1 saturated heterocycles. The van der Waals surface area contributed by atoms with E-state index in [9.17, 15) is 32.4 Å². The molecule has 14 heteroatoms. The number of hydrogen-bond donors (Lipinski definition) is 4. The van der Waals surface area contributed by atoms with Crippen molar-refractivity contribution in [2.45, 2.75) is 104 Å². The number of urea groups is 1. The van der Waals surface area contributed by atoms with Crippen molar-refractivity contribution in [3.63, 3.8) is 0 Å². The number of nitrogens with zero attached hydrogens (tertiary/aromatic N) is 2. The Morgan fingerprint density at radius 2 is 1.69 bits per heavy atom. The van der Waals surface area contributed by atoms with Crippen molar-refractivity contribution in [1.29, 1.82) is 0 Å². The molecule has 0 bridgehead atoms. The fourth-order valence-electron chi connectivity index (χ4n) is 7.33. The molecule has 13 nitrogen and oxygen atoms in total. The predicted octanol–water partition coefficient (Wildman–Crippen LogP) is 2.57. The number of ketones is 1. The van der Waals surface area contributed by atoms with Gasteiger partial charge in [0.05, 0.1) is 10.9 Å². The number of nitrogens with one attached hydrogen (secondary N) is 4. The average molecular weight is 739 g/mol. The van der Waals surface area contributed by atoms with Crippen LogP contribution in [-0.4, -0.2) is 91.0 Å². The molecule has 2 fully saturated rings. The Morgan fingerprint density at radius 3 is 2.27 bits per heavy atom. The Balaban J connectivity index is 1.53. The van der Waals surface area contributed by atoms with Crippen LogP contribution in [-0.2, 0) is 35.7 Å². The minimum absolute atomic E-state index is 0.00852. The number of likely N-dealkylation sites (tertiary alicyclic amines) is 1. The van der Waals surface area contributed by atoms with Gasteiger partial charge >= 0.3 is 6.03 Å². The maximum absolute atomic E-state index is 14.5. The molecule has 2 aliphatic heterocycles. The van der Waals surface area contributed by atoms with Crippen LogP contribution >= 0.6 is 0 Å². The van der Waals surface area contributed by atoms with Gasteiger partial charge in [-0.15, -0.1) is 18.9 Å². The molecule has 5 amide bonds. The molecule has 1 aromatic rings. The summed E-state index contributed by atoms with van der Waals surface area (Å²) < 4.78 is 28.0. The van der Waals surface area contributed by atoms with E-state index in [1.165, 1.54) is 15.3 Å². The first-order valence-corrected chi connectivity index (χ1v) is 19.1. The summed E-state index contributed by atoms with van der Waals surface area (Å²) in [6.45, 7) is 19.2. The SMILES string of the molecule is C#CCCC(NC(=O)C1[C@@H]2[C@H](CN1C(=O)[C@@H](NC(=O)N[C@H](CN1Cc3ccccc3S1(=O)=O)C(C)(C)C)C(C)(C)C)C2(C)C)C(=O)C(=O)NCC=C. The molecular weight excluding hydrogens is 685 g/mol. The molecule has 0 aromatic heterocycles. The number of hydrogen-bond acceptors (Lipinski definition) is 7. The highest BCUT2D eigenvalue weighted by Gasteiger charge is 2.70. The van der Waals surface area contributed by atoms with Gasteiger partial charge in [0.1, 0.15) is 12.1 Å². The molecule has 1 aliphatic carbocycles. The molecule has 1 saturated carbocycles. The second kappa shape index (κ2) is 15.0. The Bertz CT molecular complexity index is 1750. The van der Waals surface area contributed by atoms with Crippen molar-refractivity contribution in [2.75, 3.05) is 19.6 Å². The molecule has 4 rings (SSSR count). The van der Waals surface area contributed by atoms with Gasteiger partial charge in [0.15, 0.2) is 0 Å². The van der Waals surface area contributed by atoms with Gasteiger partial charge in [-0.25, -0.2) is 13.2 Å². The van der Waals surface area contributed by atoms with Gasteiger partial charge in [-0.05, 0) is 46.1 Å². The number of amides is 5. The third kappa shape index (κ3) is 8.36. The van der Waals surface area contributed by atoms with Crippen LogP contribution in [0.3, 0.4) is 0 Å². The normalized spacial score (nSPS) is 23.1. The molecule has 0 spiro atoms. The van der Waals surface area contributed by atoms with Crippen molar-refractivity contribution < 1.29 is 32.4 Å². The van der Waals surface area contributed by atoms with Gasteiger partial charge in [-0.2, -0.15) is 4.31 Å². The molecule has 52 heavy (non-hydrogen) atoms. The number of carbonyl (C=O) groups excluding carboxylic acids is 5. The summed E-state index contributed by atoms with van der Waals surface area (Å²) in [6.07, 6.45) is 7.04. The van der Waals surface area contributed by atoms with Crippen LogP contribution in [0, 0.1) is 40.4 Å². The number of rotatable bonds is 13. The van der Waals surface area contributed by atoms with Gasteiger partial charge in [0.25, 0.3) is 5.91 Å². The van der Waals surface area contributed by atoms with Gasteiger partial charge in [-0.1, -0.05) is 79.7 Å². The summed E-state index contributed by atoms with van der Waals surface area (Å²) in [5, 5.41) is 11.0. The monoisotopic (exact) mass is 738 g/mol. The highest BCUT2D eigenvalue weighted by molar-refractivity contribution is 7.89. The van der Waals surface area contributed by atoms with Crippen molar-refractivity contribution >= 4 is 39.6 Å². The molecule has 6 atom stereocenters. The van der Waals surface area contributed by atoms with Crippen LogP contribution in [0.4, 0.5) is 4.79 Å². The molecule has 3 aliphatic rings. The summed E-state index contributed by atoms with van der Waals surface area (Å²) in [4.78, 5) is 69.5. The smallest absolute Gasteiger partial charge is 0.315 e. The molecule has 2 heterocycles. The summed E-state index contributed by atoms with van der Waals surface area (Å²) >= 11 is 0. The van der Waals surface area contributed by atoms with Gasteiger partial charge in [-0.3, -0.25) is 19.2 Å². The van der Waals surface area contributed by atoms with E-state index in [0.717, 1.165) is 0 Å². The molecule has 284 valence electrons. The fourth-order valence-corrected chi connectivity index (χ4v) is 8.97. The van der Waals surface area contributed by atoms with Crippen molar-refractivity contribution in [3.05, 3.63) is 42.5 Å². The lowest BCUT2D eigenvalue weighted by Crippen LogP contribution is -2.62. The number of piperidine rings is 1. The zero-order valence-electron chi connectivity index (χ0n) is 31.5. The van der Waals surface area contributed by atoms with Crippen molar-refractivity contribution in [1.82, 2.24) is 30.5 Å². The van der Waals surface area contributed by atoms with E-state index in [-0.39, 0.29) is 61.2 Å². The van der Waals surface area contributed by atoms with E-state index in [2.05, 4.69) is 33.8 Å². The first-order valence-electron chi connectivity index (χ1n) is 17.7. The summed E-state index contributed by atoms with van der Waals surface area (Å²) in [5.41, 5.74) is -0.936. The Hall–Kier alpha value is -4.22. The van der Waals surface area contributed by atoms with Crippen LogP contribution in [0.25, 0.3) is 0 Å². The lowest BCUT2D eigenvalue weighted by atomic mass is 9.85. The van der Waals surface area contributed by atoms with E-state index in [1.54, 1.807) is 45.0 Å². The average Bonchev–Trinajstić information content (AvgIpc) is 3.31.